The molecule has 0 spiro atoms. The molecule has 16 heavy (non-hydrogen) atoms. The minimum atomic E-state index is -0.533. The summed E-state index contributed by atoms with van der Waals surface area (Å²) >= 11 is 5.59. The number of hydrogen-bond acceptors (Lipinski definition) is 3. The number of Topliss-reactive ketones (excluding diaryl/α,β-unsaturated/α-hetero) is 1. The third kappa shape index (κ3) is 2.67. The monoisotopic (exact) mass is 247 g/mol. The summed E-state index contributed by atoms with van der Waals surface area (Å²) in [4.78, 5) is 23.1. The first kappa shape index (κ1) is 13.3. The lowest BCUT2D eigenvalue weighted by atomic mass is 9.81. The first-order valence-electron chi connectivity index (χ1n) is 5.57. The highest BCUT2D eigenvalue weighted by molar-refractivity contribution is 6.28. The lowest BCUT2D eigenvalue weighted by Crippen LogP contribution is -2.47. The summed E-state index contributed by atoms with van der Waals surface area (Å²) in [5, 5.41) is 2.74. The van der Waals surface area contributed by atoms with Gasteiger partial charge in [-0.25, -0.2) is 4.79 Å². The van der Waals surface area contributed by atoms with Gasteiger partial charge in [0.25, 0.3) is 0 Å². The average Bonchev–Trinajstić information content (AvgIpc) is 2.61. The van der Waals surface area contributed by atoms with Gasteiger partial charge in [0.2, 0.25) is 0 Å². The van der Waals surface area contributed by atoms with Gasteiger partial charge in [0, 0.05) is 11.5 Å². The number of rotatable bonds is 4. The Morgan fingerprint density at radius 3 is 2.81 bits per heavy atom. The zero-order valence-corrected chi connectivity index (χ0v) is 10.5. The Balaban J connectivity index is 2.65. The number of halogens is 1. The molecule has 1 aliphatic rings. The standard InChI is InChI=1S/C11H18ClNO3/c1-3-16-10(15)13-8-5-4-6-11(8,2)9(14)7-12/h8H,3-7H2,1-2H3,(H,13,15). The van der Waals surface area contributed by atoms with Crippen molar-refractivity contribution >= 4 is 23.5 Å². The first-order chi connectivity index (χ1) is 7.54. The molecule has 0 saturated heterocycles. The smallest absolute Gasteiger partial charge is 0.407 e. The molecule has 0 aliphatic heterocycles. The number of hydrogen-bond donors (Lipinski definition) is 1. The van der Waals surface area contributed by atoms with Crippen LogP contribution >= 0.6 is 11.6 Å². The van der Waals surface area contributed by atoms with E-state index >= 15 is 0 Å². The minimum Gasteiger partial charge on any atom is -0.450 e. The Morgan fingerprint density at radius 1 is 1.56 bits per heavy atom. The molecule has 1 amide bonds. The van der Waals surface area contributed by atoms with E-state index in [1.165, 1.54) is 0 Å². The van der Waals surface area contributed by atoms with Crippen LogP contribution in [0.25, 0.3) is 0 Å². The third-order valence-corrected chi connectivity index (χ3v) is 3.53. The number of carbonyl (C=O) groups excluding carboxylic acids is 2. The van der Waals surface area contributed by atoms with Gasteiger partial charge in [-0.2, -0.15) is 0 Å². The largest absolute Gasteiger partial charge is 0.450 e. The molecule has 2 unspecified atom stereocenters. The predicted molar refractivity (Wildman–Crippen MR) is 61.6 cm³/mol. The van der Waals surface area contributed by atoms with E-state index in [0.717, 1.165) is 19.3 Å². The van der Waals surface area contributed by atoms with E-state index in [-0.39, 0.29) is 17.7 Å². The predicted octanol–water partition coefficient (Wildman–Crippen LogP) is 2.10. The number of alkyl carbamates (subject to hydrolysis) is 1. The molecule has 2 atom stereocenters. The van der Waals surface area contributed by atoms with E-state index in [0.29, 0.717) is 6.61 Å². The molecule has 1 N–H and O–H groups in total. The van der Waals surface area contributed by atoms with Gasteiger partial charge >= 0.3 is 6.09 Å². The van der Waals surface area contributed by atoms with Crippen molar-refractivity contribution in [3.63, 3.8) is 0 Å². The van der Waals surface area contributed by atoms with Crippen molar-refractivity contribution in [3.8, 4) is 0 Å². The Labute approximate surface area is 101 Å². The van der Waals surface area contributed by atoms with Gasteiger partial charge in [-0.3, -0.25) is 4.79 Å². The molecule has 92 valence electrons. The zero-order chi connectivity index (χ0) is 12.2. The van der Waals surface area contributed by atoms with E-state index in [1.807, 2.05) is 6.92 Å². The summed E-state index contributed by atoms with van der Waals surface area (Å²) < 4.78 is 4.82. The number of alkyl halides is 1. The fourth-order valence-electron chi connectivity index (χ4n) is 2.20. The van der Waals surface area contributed by atoms with Crippen LogP contribution in [0.15, 0.2) is 0 Å². The van der Waals surface area contributed by atoms with E-state index < -0.39 is 11.5 Å². The van der Waals surface area contributed by atoms with Crippen LogP contribution in [0, 0.1) is 5.41 Å². The number of ketones is 1. The van der Waals surface area contributed by atoms with Crippen molar-refractivity contribution in [3.05, 3.63) is 0 Å². The number of carbonyl (C=O) groups is 2. The van der Waals surface area contributed by atoms with Gasteiger partial charge in [-0.05, 0) is 19.8 Å². The molecule has 1 rings (SSSR count). The lowest BCUT2D eigenvalue weighted by molar-refractivity contribution is -0.125. The van der Waals surface area contributed by atoms with Crippen LogP contribution in [-0.4, -0.2) is 30.4 Å². The quantitative estimate of drug-likeness (QED) is 0.774. The van der Waals surface area contributed by atoms with Crippen LogP contribution in [0.4, 0.5) is 4.79 Å². The normalized spacial score (nSPS) is 28.8. The van der Waals surface area contributed by atoms with Crippen molar-refractivity contribution in [2.75, 3.05) is 12.5 Å². The van der Waals surface area contributed by atoms with E-state index in [1.54, 1.807) is 6.92 Å². The van der Waals surface area contributed by atoms with Crippen molar-refractivity contribution in [1.82, 2.24) is 5.32 Å². The van der Waals surface area contributed by atoms with Gasteiger partial charge < -0.3 is 10.1 Å². The molecule has 1 fully saturated rings. The molecule has 0 aromatic carbocycles. The lowest BCUT2D eigenvalue weighted by Gasteiger charge is -2.29. The minimum absolute atomic E-state index is 0.00247. The van der Waals surface area contributed by atoms with Gasteiger partial charge in [0.1, 0.15) is 0 Å². The molecule has 4 nitrogen and oxygen atoms in total. The summed E-state index contributed by atoms with van der Waals surface area (Å²) in [6, 6.07) is -0.155. The number of amides is 1. The molecule has 0 aromatic rings. The summed E-state index contributed by atoms with van der Waals surface area (Å²) in [5.41, 5.74) is -0.533. The zero-order valence-electron chi connectivity index (χ0n) is 9.72. The van der Waals surface area contributed by atoms with E-state index in [9.17, 15) is 9.59 Å². The maximum Gasteiger partial charge on any atom is 0.407 e. The highest BCUT2D eigenvalue weighted by atomic mass is 35.5. The summed E-state index contributed by atoms with van der Waals surface area (Å²) in [6.45, 7) is 3.94. The molecular formula is C11H18ClNO3. The average molecular weight is 248 g/mol. The maximum absolute atomic E-state index is 11.8. The topological polar surface area (TPSA) is 55.4 Å². The van der Waals surface area contributed by atoms with Crippen molar-refractivity contribution < 1.29 is 14.3 Å². The maximum atomic E-state index is 11.8. The van der Waals surface area contributed by atoms with Crippen LogP contribution in [0.3, 0.4) is 0 Å². The van der Waals surface area contributed by atoms with Crippen LogP contribution < -0.4 is 5.32 Å². The van der Waals surface area contributed by atoms with Gasteiger partial charge in [-0.15, -0.1) is 11.6 Å². The van der Waals surface area contributed by atoms with E-state index in [4.69, 9.17) is 16.3 Å². The molecule has 5 heteroatoms. The van der Waals surface area contributed by atoms with Crippen molar-refractivity contribution in [2.24, 2.45) is 5.41 Å². The van der Waals surface area contributed by atoms with Crippen molar-refractivity contribution in [2.45, 2.75) is 39.2 Å². The third-order valence-electron chi connectivity index (χ3n) is 3.28. The number of ether oxygens (including phenoxy) is 1. The Hall–Kier alpha value is -0.770. The molecule has 0 radical (unpaired) electrons. The second-order valence-electron chi connectivity index (χ2n) is 4.28. The molecule has 1 saturated carbocycles. The first-order valence-corrected chi connectivity index (χ1v) is 6.10. The van der Waals surface area contributed by atoms with Gasteiger partial charge in [0.15, 0.2) is 5.78 Å². The SMILES string of the molecule is CCOC(=O)NC1CCCC1(C)C(=O)CCl. The summed E-state index contributed by atoms with van der Waals surface area (Å²) in [7, 11) is 0. The molecule has 0 aromatic heterocycles. The highest BCUT2D eigenvalue weighted by Crippen LogP contribution is 2.39. The van der Waals surface area contributed by atoms with Crippen LogP contribution in [-0.2, 0) is 9.53 Å². The molecular weight excluding hydrogens is 230 g/mol. The Kier molecular flexibility index (Phi) is 4.59. The van der Waals surface area contributed by atoms with Gasteiger partial charge in [0.05, 0.1) is 12.5 Å². The summed E-state index contributed by atoms with van der Waals surface area (Å²) in [5.74, 6) is -0.00853. The second kappa shape index (κ2) is 5.53. The van der Waals surface area contributed by atoms with Crippen LogP contribution in [0.1, 0.15) is 33.1 Å². The Morgan fingerprint density at radius 2 is 2.25 bits per heavy atom. The number of nitrogens with one attached hydrogen (secondary N) is 1. The molecule has 0 heterocycles. The fraction of sp³-hybridized carbons (Fsp3) is 0.818. The van der Waals surface area contributed by atoms with Crippen LogP contribution in [0.2, 0.25) is 0 Å². The molecule has 1 aliphatic carbocycles. The van der Waals surface area contributed by atoms with Crippen LogP contribution in [0.5, 0.6) is 0 Å². The summed E-state index contributed by atoms with van der Waals surface area (Å²) in [6.07, 6.45) is 2.05. The van der Waals surface area contributed by atoms with Gasteiger partial charge in [-0.1, -0.05) is 13.3 Å². The van der Waals surface area contributed by atoms with E-state index in [2.05, 4.69) is 5.32 Å². The fourth-order valence-corrected chi connectivity index (χ4v) is 2.50. The highest BCUT2D eigenvalue weighted by Gasteiger charge is 2.44. The molecule has 0 bridgehead atoms. The Bertz CT molecular complexity index is 282. The second-order valence-corrected chi connectivity index (χ2v) is 4.55. The van der Waals surface area contributed by atoms with Crippen molar-refractivity contribution in [1.29, 1.82) is 0 Å².